The molecule has 0 atom stereocenters. The zero-order chi connectivity index (χ0) is 20.4. The van der Waals surface area contributed by atoms with Gasteiger partial charge >= 0.3 is 0 Å². The summed E-state index contributed by atoms with van der Waals surface area (Å²) in [5.74, 6) is 0.772. The second-order valence-electron chi connectivity index (χ2n) is 7.50. The minimum atomic E-state index is 0.0555. The van der Waals surface area contributed by atoms with Gasteiger partial charge < -0.3 is 10.0 Å². The molecule has 1 fully saturated rings. The predicted octanol–water partition coefficient (Wildman–Crippen LogP) is 5.54. The van der Waals surface area contributed by atoms with E-state index in [1.54, 1.807) is 12.1 Å². The number of likely N-dealkylation sites (tertiary alicyclic amines) is 1. The van der Waals surface area contributed by atoms with Crippen molar-refractivity contribution in [2.45, 2.75) is 25.7 Å². The number of carbonyl (C=O) groups excluding carboxylic acids is 1. The van der Waals surface area contributed by atoms with Gasteiger partial charge in [-0.15, -0.1) is 0 Å². The van der Waals surface area contributed by atoms with Crippen molar-refractivity contribution < 1.29 is 9.90 Å². The molecule has 5 heteroatoms. The molecular formula is C24H23BrN2O2. The number of aromatic nitrogens is 1. The number of halogens is 1. The second-order valence-corrected chi connectivity index (χ2v) is 8.41. The number of carbonyl (C=O) groups is 1. The molecule has 1 saturated heterocycles. The molecule has 1 amide bonds. The van der Waals surface area contributed by atoms with Crippen molar-refractivity contribution in [3.63, 3.8) is 0 Å². The Morgan fingerprint density at radius 3 is 2.45 bits per heavy atom. The minimum absolute atomic E-state index is 0.0555. The Balaban J connectivity index is 1.45. The van der Waals surface area contributed by atoms with E-state index in [4.69, 9.17) is 0 Å². The number of pyridine rings is 1. The molecule has 29 heavy (non-hydrogen) atoms. The highest BCUT2D eigenvalue weighted by Crippen LogP contribution is 2.30. The summed E-state index contributed by atoms with van der Waals surface area (Å²) in [6.45, 7) is 3.37. The first-order valence-corrected chi connectivity index (χ1v) is 10.6. The van der Waals surface area contributed by atoms with Crippen LogP contribution in [0.25, 0.3) is 11.3 Å². The molecule has 0 radical (unpaired) electrons. The van der Waals surface area contributed by atoms with E-state index in [1.807, 2.05) is 60.4 Å². The van der Waals surface area contributed by atoms with E-state index in [1.165, 1.54) is 5.56 Å². The van der Waals surface area contributed by atoms with Gasteiger partial charge in [0.15, 0.2) is 0 Å². The van der Waals surface area contributed by atoms with Crippen molar-refractivity contribution >= 4 is 21.8 Å². The summed E-state index contributed by atoms with van der Waals surface area (Å²) < 4.78 is 1.01. The van der Waals surface area contributed by atoms with Crippen LogP contribution in [0.1, 0.15) is 40.4 Å². The first-order valence-electron chi connectivity index (χ1n) is 9.83. The van der Waals surface area contributed by atoms with Gasteiger partial charge in [0.1, 0.15) is 5.75 Å². The van der Waals surface area contributed by atoms with Crippen LogP contribution in [0.3, 0.4) is 0 Å². The summed E-state index contributed by atoms with van der Waals surface area (Å²) >= 11 is 3.49. The van der Waals surface area contributed by atoms with Gasteiger partial charge in [0, 0.05) is 23.1 Å². The van der Waals surface area contributed by atoms with Gasteiger partial charge in [-0.25, -0.2) is 0 Å². The molecule has 0 spiro atoms. The third-order valence-electron chi connectivity index (χ3n) is 5.58. The van der Waals surface area contributed by atoms with Crippen LogP contribution in [-0.4, -0.2) is 34.0 Å². The van der Waals surface area contributed by atoms with Gasteiger partial charge in [-0.1, -0.05) is 40.2 Å². The fourth-order valence-electron chi connectivity index (χ4n) is 3.93. The number of phenols is 1. The van der Waals surface area contributed by atoms with Gasteiger partial charge in [-0.05, 0) is 67.6 Å². The van der Waals surface area contributed by atoms with E-state index in [-0.39, 0.29) is 11.7 Å². The Kier molecular flexibility index (Phi) is 5.67. The lowest BCUT2D eigenvalue weighted by Gasteiger charge is -2.32. The molecular weight excluding hydrogens is 428 g/mol. The van der Waals surface area contributed by atoms with Crippen molar-refractivity contribution in [2.75, 3.05) is 13.1 Å². The molecule has 0 saturated carbocycles. The SMILES string of the molecule is Cc1nc(-c2cccc(Br)c2)ccc1C(=O)N1CCC(c2ccc(O)cc2)CC1. The van der Waals surface area contributed by atoms with Crippen LogP contribution in [0.4, 0.5) is 0 Å². The lowest BCUT2D eigenvalue weighted by atomic mass is 9.89. The molecule has 0 unspecified atom stereocenters. The van der Waals surface area contributed by atoms with Gasteiger partial charge in [-0.3, -0.25) is 9.78 Å². The summed E-state index contributed by atoms with van der Waals surface area (Å²) in [7, 11) is 0. The Hall–Kier alpha value is -2.66. The molecule has 2 heterocycles. The summed E-state index contributed by atoms with van der Waals surface area (Å²) in [4.78, 5) is 19.7. The van der Waals surface area contributed by atoms with Crippen molar-refractivity contribution in [2.24, 2.45) is 0 Å². The molecule has 148 valence electrons. The Bertz CT molecular complexity index is 1030. The number of piperidine rings is 1. The molecule has 1 aromatic heterocycles. The molecule has 0 aliphatic carbocycles. The first kappa shape index (κ1) is 19.6. The van der Waals surface area contributed by atoms with Gasteiger partial charge in [-0.2, -0.15) is 0 Å². The van der Waals surface area contributed by atoms with E-state index in [2.05, 4.69) is 20.9 Å². The average molecular weight is 451 g/mol. The number of hydrogen-bond donors (Lipinski definition) is 1. The molecule has 2 aromatic carbocycles. The van der Waals surface area contributed by atoms with Crippen molar-refractivity contribution in [3.05, 3.63) is 82.0 Å². The maximum absolute atomic E-state index is 13.1. The van der Waals surface area contributed by atoms with Crippen molar-refractivity contribution in [3.8, 4) is 17.0 Å². The van der Waals surface area contributed by atoms with Crippen LogP contribution in [-0.2, 0) is 0 Å². The third-order valence-corrected chi connectivity index (χ3v) is 6.08. The first-order chi connectivity index (χ1) is 14.0. The Morgan fingerprint density at radius 1 is 1.07 bits per heavy atom. The molecule has 4 nitrogen and oxygen atoms in total. The molecule has 0 bridgehead atoms. The number of hydrogen-bond acceptors (Lipinski definition) is 3. The zero-order valence-electron chi connectivity index (χ0n) is 16.3. The van der Waals surface area contributed by atoms with E-state index in [0.717, 1.165) is 47.4 Å². The van der Waals surface area contributed by atoms with Crippen LogP contribution in [0.2, 0.25) is 0 Å². The number of phenolic OH excluding ortho intramolecular Hbond substituents is 1. The number of rotatable bonds is 3. The van der Waals surface area contributed by atoms with E-state index < -0.39 is 0 Å². The monoisotopic (exact) mass is 450 g/mol. The standard InChI is InChI=1S/C24H23BrN2O2/c1-16-22(9-10-23(26-16)19-3-2-4-20(25)15-19)24(29)27-13-11-18(12-14-27)17-5-7-21(28)8-6-17/h2-10,15,18,28H,11-14H2,1H3. The van der Waals surface area contributed by atoms with Crippen molar-refractivity contribution in [1.82, 2.24) is 9.88 Å². The van der Waals surface area contributed by atoms with Crippen LogP contribution >= 0.6 is 15.9 Å². The Labute approximate surface area is 179 Å². The fraction of sp³-hybridized carbons (Fsp3) is 0.250. The molecule has 4 rings (SSSR count). The lowest BCUT2D eigenvalue weighted by molar-refractivity contribution is 0.0712. The normalized spacial score (nSPS) is 14.8. The number of aryl methyl sites for hydroxylation is 1. The third kappa shape index (κ3) is 4.35. The maximum Gasteiger partial charge on any atom is 0.255 e. The highest BCUT2D eigenvalue weighted by Gasteiger charge is 2.25. The van der Waals surface area contributed by atoms with Crippen LogP contribution in [0.5, 0.6) is 5.75 Å². The number of nitrogens with zero attached hydrogens (tertiary/aromatic N) is 2. The maximum atomic E-state index is 13.1. The molecule has 1 N–H and O–H groups in total. The quantitative estimate of drug-likeness (QED) is 0.569. The number of aromatic hydroxyl groups is 1. The largest absolute Gasteiger partial charge is 0.508 e. The van der Waals surface area contributed by atoms with Crippen LogP contribution in [0.15, 0.2) is 65.1 Å². The Morgan fingerprint density at radius 2 is 1.79 bits per heavy atom. The molecule has 3 aromatic rings. The minimum Gasteiger partial charge on any atom is -0.508 e. The summed E-state index contributed by atoms with van der Waals surface area (Å²) in [5.41, 5.74) is 4.55. The van der Waals surface area contributed by atoms with Crippen LogP contribution in [0, 0.1) is 6.92 Å². The van der Waals surface area contributed by atoms with Crippen molar-refractivity contribution in [1.29, 1.82) is 0 Å². The fourth-order valence-corrected chi connectivity index (χ4v) is 4.33. The summed E-state index contributed by atoms with van der Waals surface area (Å²) in [6, 6.07) is 19.2. The molecule has 1 aliphatic heterocycles. The highest BCUT2D eigenvalue weighted by atomic mass is 79.9. The smallest absolute Gasteiger partial charge is 0.255 e. The van der Waals surface area contributed by atoms with Gasteiger partial charge in [0.2, 0.25) is 0 Å². The van der Waals surface area contributed by atoms with Gasteiger partial charge in [0.05, 0.1) is 17.0 Å². The molecule has 1 aliphatic rings. The highest BCUT2D eigenvalue weighted by molar-refractivity contribution is 9.10. The van der Waals surface area contributed by atoms with Gasteiger partial charge in [0.25, 0.3) is 5.91 Å². The number of amides is 1. The topological polar surface area (TPSA) is 53.4 Å². The zero-order valence-corrected chi connectivity index (χ0v) is 17.9. The summed E-state index contributed by atoms with van der Waals surface area (Å²) in [5, 5.41) is 9.47. The average Bonchev–Trinajstić information content (AvgIpc) is 2.74. The number of benzene rings is 2. The van der Waals surface area contributed by atoms with E-state index >= 15 is 0 Å². The predicted molar refractivity (Wildman–Crippen MR) is 118 cm³/mol. The van der Waals surface area contributed by atoms with E-state index in [0.29, 0.717) is 11.5 Å². The van der Waals surface area contributed by atoms with E-state index in [9.17, 15) is 9.90 Å². The van der Waals surface area contributed by atoms with Crippen LogP contribution < -0.4 is 0 Å². The second kappa shape index (κ2) is 8.37. The lowest BCUT2D eigenvalue weighted by Crippen LogP contribution is -2.38. The summed E-state index contributed by atoms with van der Waals surface area (Å²) in [6.07, 6.45) is 1.86.